The Labute approximate surface area is 229 Å². The number of carbonyl (C=O) groups excluding carboxylic acids is 2. The van der Waals surface area contributed by atoms with Gasteiger partial charge in [0.1, 0.15) is 0 Å². The Kier molecular flexibility index (Phi) is 9.62. The van der Waals surface area contributed by atoms with Crippen molar-refractivity contribution < 1.29 is 19.1 Å². The smallest absolute Gasteiger partial charge is 0.253 e. The molecule has 0 spiro atoms. The van der Waals surface area contributed by atoms with Gasteiger partial charge in [0.05, 0.1) is 25.5 Å². The van der Waals surface area contributed by atoms with E-state index >= 15 is 0 Å². The topological polar surface area (TPSA) is 79.9 Å². The average Bonchev–Trinajstić information content (AvgIpc) is 2.94. The summed E-state index contributed by atoms with van der Waals surface area (Å²) in [7, 11) is 3.19. The van der Waals surface area contributed by atoms with Gasteiger partial charge >= 0.3 is 0 Å². The fourth-order valence-corrected chi connectivity index (χ4v) is 4.89. The lowest BCUT2D eigenvalue weighted by atomic mass is 9.95. The number of rotatable bonds is 10. The third-order valence-corrected chi connectivity index (χ3v) is 7.26. The summed E-state index contributed by atoms with van der Waals surface area (Å²) in [6.07, 6.45) is 2.15. The lowest BCUT2D eigenvalue weighted by molar-refractivity contribution is -0.121. The number of methoxy groups -OCH3 is 2. The van der Waals surface area contributed by atoms with Crippen LogP contribution in [-0.2, 0) is 17.8 Å². The highest BCUT2D eigenvalue weighted by molar-refractivity contribution is 6.31. The molecule has 4 rings (SSSR count). The largest absolute Gasteiger partial charge is 0.493 e. The summed E-state index contributed by atoms with van der Waals surface area (Å²) in [6.45, 7) is 2.87. The lowest BCUT2D eigenvalue weighted by Gasteiger charge is -2.31. The van der Waals surface area contributed by atoms with E-state index in [4.69, 9.17) is 21.1 Å². The molecule has 3 aromatic rings. The molecule has 1 heterocycles. The standard InChI is InChI=1S/C30H34ClN3O4/c1-37-27-12-11-21(19-28(27)38-2)13-16-32-30(36)24-8-4-6-10-26(24)33-29(35)22-14-17-34(18-15-22)20-23-7-3-5-9-25(23)31/h3-12,19,22H,13-18,20H2,1-2H3,(H,32,36)(H,33,35). The molecule has 1 saturated heterocycles. The minimum absolute atomic E-state index is 0.0482. The Morgan fingerprint density at radius 2 is 1.66 bits per heavy atom. The second-order valence-corrected chi connectivity index (χ2v) is 9.78. The van der Waals surface area contributed by atoms with E-state index in [1.807, 2.05) is 48.5 Å². The summed E-state index contributed by atoms with van der Waals surface area (Å²) in [5.74, 6) is 0.942. The number of carbonyl (C=O) groups is 2. The van der Waals surface area contributed by atoms with Gasteiger partial charge in [-0.05, 0) is 73.8 Å². The molecule has 38 heavy (non-hydrogen) atoms. The molecule has 200 valence electrons. The SMILES string of the molecule is COc1ccc(CCNC(=O)c2ccccc2NC(=O)C2CCN(Cc3ccccc3Cl)CC2)cc1OC. The van der Waals surface area contributed by atoms with Gasteiger partial charge in [0.25, 0.3) is 5.91 Å². The number of nitrogens with zero attached hydrogens (tertiary/aromatic N) is 1. The van der Waals surface area contributed by atoms with E-state index in [9.17, 15) is 9.59 Å². The quantitative estimate of drug-likeness (QED) is 0.374. The van der Waals surface area contributed by atoms with Crippen LogP contribution in [0.4, 0.5) is 5.69 Å². The van der Waals surface area contributed by atoms with Crippen molar-refractivity contribution in [2.75, 3.05) is 39.2 Å². The number of hydrogen-bond donors (Lipinski definition) is 2. The van der Waals surface area contributed by atoms with E-state index in [-0.39, 0.29) is 17.7 Å². The Balaban J connectivity index is 1.29. The van der Waals surface area contributed by atoms with Crippen molar-refractivity contribution in [1.29, 1.82) is 0 Å². The zero-order chi connectivity index (χ0) is 26.9. The van der Waals surface area contributed by atoms with Gasteiger partial charge in [-0.25, -0.2) is 0 Å². The molecule has 0 radical (unpaired) electrons. The molecule has 0 bridgehead atoms. The maximum absolute atomic E-state index is 13.1. The predicted octanol–water partition coefficient (Wildman–Crippen LogP) is 5.18. The van der Waals surface area contributed by atoms with Gasteiger partial charge in [0.15, 0.2) is 11.5 Å². The van der Waals surface area contributed by atoms with Crippen LogP contribution in [-0.4, -0.2) is 50.6 Å². The summed E-state index contributed by atoms with van der Waals surface area (Å²) in [6, 6.07) is 20.7. The number of amides is 2. The van der Waals surface area contributed by atoms with Gasteiger partial charge in [-0.2, -0.15) is 0 Å². The number of ether oxygens (including phenoxy) is 2. The molecule has 0 atom stereocenters. The van der Waals surface area contributed by atoms with Crippen LogP contribution in [0, 0.1) is 5.92 Å². The van der Waals surface area contributed by atoms with Gasteiger partial charge in [-0.3, -0.25) is 14.5 Å². The number of piperidine rings is 1. The van der Waals surface area contributed by atoms with E-state index in [2.05, 4.69) is 15.5 Å². The molecule has 2 amide bonds. The van der Waals surface area contributed by atoms with Crippen LogP contribution < -0.4 is 20.1 Å². The highest BCUT2D eigenvalue weighted by Crippen LogP contribution is 2.28. The van der Waals surface area contributed by atoms with Gasteiger partial charge in [0, 0.05) is 24.0 Å². The maximum Gasteiger partial charge on any atom is 0.253 e. The molecular weight excluding hydrogens is 502 g/mol. The van der Waals surface area contributed by atoms with E-state index in [0.717, 1.165) is 48.6 Å². The molecular formula is C30H34ClN3O4. The number of benzene rings is 3. The van der Waals surface area contributed by atoms with Crippen LogP contribution in [0.3, 0.4) is 0 Å². The van der Waals surface area contributed by atoms with Crippen molar-refractivity contribution in [3.8, 4) is 11.5 Å². The molecule has 2 N–H and O–H groups in total. The first-order valence-electron chi connectivity index (χ1n) is 12.8. The molecule has 3 aromatic carbocycles. The molecule has 1 aliphatic rings. The third kappa shape index (κ3) is 7.05. The molecule has 0 saturated carbocycles. The second-order valence-electron chi connectivity index (χ2n) is 9.37. The molecule has 0 unspecified atom stereocenters. The Bertz CT molecular complexity index is 1260. The number of para-hydroxylation sites is 1. The first-order chi connectivity index (χ1) is 18.5. The lowest BCUT2D eigenvalue weighted by Crippen LogP contribution is -2.38. The summed E-state index contributed by atoms with van der Waals surface area (Å²) in [5, 5.41) is 6.73. The zero-order valence-electron chi connectivity index (χ0n) is 21.8. The molecule has 1 aliphatic heterocycles. The van der Waals surface area contributed by atoms with E-state index in [1.165, 1.54) is 0 Å². The average molecular weight is 536 g/mol. The fourth-order valence-electron chi connectivity index (χ4n) is 4.70. The van der Waals surface area contributed by atoms with Crippen molar-refractivity contribution >= 4 is 29.1 Å². The van der Waals surface area contributed by atoms with E-state index < -0.39 is 0 Å². The summed E-state index contributed by atoms with van der Waals surface area (Å²) < 4.78 is 10.6. The zero-order valence-corrected chi connectivity index (χ0v) is 22.6. The minimum atomic E-state index is -0.226. The minimum Gasteiger partial charge on any atom is -0.493 e. The fraction of sp³-hybridized carbons (Fsp3) is 0.333. The van der Waals surface area contributed by atoms with Crippen LogP contribution in [0.15, 0.2) is 66.7 Å². The van der Waals surface area contributed by atoms with Gasteiger partial charge < -0.3 is 20.1 Å². The number of halogens is 1. The Hall–Kier alpha value is -3.55. The van der Waals surface area contributed by atoms with Crippen molar-refractivity contribution in [2.24, 2.45) is 5.92 Å². The summed E-state index contributed by atoms with van der Waals surface area (Å²) >= 11 is 6.31. The van der Waals surface area contributed by atoms with Crippen LogP contribution in [0.1, 0.15) is 34.3 Å². The van der Waals surface area contributed by atoms with Crippen LogP contribution >= 0.6 is 11.6 Å². The van der Waals surface area contributed by atoms with E-state index in [1.54, 1.807) is 32.4 Å². The highest BCUT2D eigenvalue weighted by Gasteiger charge is 2.26. The predicted molar refractivity (Wildman–Crippen MR) is 150 cm³/mol. The number of likely N-dealkylation sites (tertiary alicyclic amines) is 1. The summed E-state index contributed by atoms with van der Waals surface area (Å²) in [5.41, 5.74) is 3.09. The number of anilines is 1. The Morgan fingerprint density at radius 1 is 0.947 bits per heavy atom. The molecule has 1 fully saturated rings. The second kappa shape index (κ2) is 13.3. The van der Waals surface area contributed by atoms with Gasteiger partial charge in [-0.15, -0.1) is 0 Å². The first-order valence-corrected chi connectivity index (χ1v) is 13.2. The number of hydrogen-bond acceptors (Lipinski definition) is 5. The van der Waals surface area contributed by atoms with Gasteiger partial charge in [0.2, 0.25) is 5.91 Å². The van der Waals surface area contributed by atoms with Crippen LogP contribution in [0.5, 0.6) is 11.5 Å². The van der Waals surface area contributed by atoms with Crippen LogP contribution in [0.25, 0.3) is 0 Å². The molecule has 7 nitrogen and oxygen atoms in total. The van der Waals surface area contributed by atoms with E-state index in [0.29, 0.717) is 35.7 Å². The normalized spacial score (nSPS) is 14.1. The maximum atomic E-state index is 13.1. The first kappa shape index (κ1) is 27.5. The molecule has 0 aliphatic carbocycles. The van der Waals surface area contributed by atoms with Gasteiger partial charge in [-0.1, -0.05) is 48.0 Å². The monoisotopic (exact) mass is 535 g/mol. The van der Waals surface area contributed by atoms with Crippen molar-refractivity contribution in [2.45, 2.75) is 25.8 Å². The van der Waals surface area contributed by atoms with Crippen LogP contribution in [0.2, 0.25) is 5.02 Å². The highest BCUT2D eigenvalue weighted by atomic mass is 35.5. The molecule has 8 heteroatoms. The Morgan fingerprint density at radius 3 is 2.39 bits per heavy atom. The van der Waals surface area contributed by atoms with Crippen molar-refractivity contribution in [3.05, 3.63) is 88.4 Å². The number of nitrogens with one attached hydrogen (secondary N) is 2. The van der Waals surface area contributed by atoms with Crippen molar-refractivity contribution in [3.63, 3.8) is 0 Å². The summed E-state index contributed by atoms with van der Waals surface area (Å²) in [4.78, 5) is 28.3. The third-order valence-electron chi connectivity index (χ3n) is 6.89. The van der Waals surface area contributed by atoms with Crippen molar-refractivity contribution in [1.82, 2.24) is 10.2 Å². The molecule has 0 aromatic heterocycles.